The fourth-order valence-corrected chi connectivity index (χ4v) is 1.76. The number of aryl methyl sites for hydroxylation is 1. The largest absolute Gasteiger partial charge is 0.507 e. The van der Waals surface area contributed by atoms with Crippen molar-refractivity contribution >= 4 is 5.78 Å². The molecular formula is C12H17NO3. The summed E-state index contributed by atoms with van der Waals surface area (Å²) >= 11 is 0. The van der Waals surface area contributed by atoms with Gasteiger partial charge in [-0.3, -0.25) is 9.59 Å². The lowest BCUT2D eigenvalue weighted by Gasteiger charge is -2.09. The van der Waals surface area contributed by atoms with Crippen molar-refractivity contribution in [2.45, 2.75) is 40.0 Å². The molecule has 0 atom stereocenters. The predicted octanol–water partition coefficient (Wildman–Crippen LogP) is 1.93. The molecule has 0 aliphatic rings. The Kier molecular flexibility index (Phi) is 3.88. The SMILES string of the molecule is CCCCc1c(O)c(C(C)=O)c(C)[nH]c1=O. The molecule has 2 N–H and O–H groups in total. The molecule has 1 heterocycles. The molecule has 0 aromatic carbocycles. The van der Waals surface area contributed by atoms with E-state index in [0.29, 0.717) is 17.7 Å². The molecule has 1 rings (SSSR count). The summed E-state index contributed by atoms with van der Waals surface area (Å²) in [4.78, 5) is 25.6. The van der Waals surface area contributed by atoms with Crippen molar-refractivity contribution in [3.8, 4) is 5.75 Å². The summed E-state index contributed by atoms with van der Waals surface area (Å²) in [7, 11) is 0. The number of carbonyl (C=O) groups excluding carboxylic acids is 1. The summed E-state index contributed by atoms with van der Waals surface area (Å²) in [6, 6.07) is 0. The molecule has 0 saturated carbocycles. The van der Waals surface area contributed by atoms with Crippen LogP contribution in [0.3, 0.4) is 0 Å². The molecule has 0 fully saturated rings. The highest BCUT2D eigenvalue weighted by Crippen LogP contribution is 2.23. The highest BCUT2D eigenvalue weighted by atomic mass is 16.3. The Morgan fingerprint density at radius 2 is 2.06 bits per heavy atom. The van der Waals surface area contributed by atoms with Crippen molar-refractivity contribution in [3.05, 3.63) is 27.2 Å². The van der Waals surface area contributed by atoms with Crippen molar-refractivity contribution in [1.29, 1.82) is 0 Å². The van der Waals surface area contributed by atoms with Gasteiger partial charge >= 0.3 is 0 Å². The Labute approximate surface area is 94.3 Å². The van der Waals surface area contributed by atoms with E-state index < -0.39 is 0 Å². The van der Waals surface area contributed by atoms with Gasteiger partial charge in [-0.1, -0.05) is 13.3 Å². The zero-order valence-corrected chi connectivity index (χ0v) is 9.89. The lowest BCUT2D eigenvalue weighted by atomic mass is 10.0. The summed E-state index contributed by atoms with van der Waals surface area (Å²) in [5.74, 6) is -0.383. The number of hydrogen-bond donors (Lipinski definition) is 2. The summed E-state index contributed by atoms with van der Waals surface area (Å²) in [5.41, 5.74) is 0.673. The van der Waals surface area contributed by atoms with Gasteiger partial charge in [0, 0.05) is 5.69 Å². The first-order chi connectivity index (χ1) is 7.49. The lowest BCUT2D eigenvalue weighted by molar-refractivity contribution is 0.101. The minimum Gasteiger partial charge on any atom is -0.507 e. The van der Waals surface area contributed by atoms with Crippen molar-refractivity contribution in [1.82, 2.24) is 4.98 Å². The maximum Gasteiger partial charge on any atom is 0.255 e. The first kappa shape index (κ1) is 12.5. The first-order valence-corrected chi connectivity index (χ1v) is 5.44. The summed E-state index contributed by atoms with van der Waals surface area (Å²) in [6.07, 6.45) is 2.25. The van der Waals surface area contributed by atoms with E-state index in [2.05, 4.69) is 4.98 Å². The third kappa shape index (κ3) is 2.32. The summed E-state index contributed by atoms with van der Waals surface area (Å²) in [6.45, 7) is 5.00. The van der Waals surface area contributed by atoms with Crippen molar-refractivity contribution in [3.63, 3.8) is 0 Å². The Balaban J connectivity index is 3.33. The van der Waals surface area contributed by atoms with Crippen LogP contribution in [0.5, 0.6) is 5.75 Å². The molecule has 0 bridgehead atoms. The quantitative estimate of drug-likeness (QED) is 0.766. The molecule has 1 aromatic heterocycles. The average Bonchev–Trinajstić information content (AvgIpc) is 2.16. The van der Waals surface area contributed by atoms with E-state index in [1.165, 1.54) is 6.92 Å². The van der Waals surface area contributed by atoms with E-state index >= 15 is 0 Å². The van der Waals surface area contributed by atoms with Crippen molar-refractivity contribution in [2.75, 3.05) is 0 Å². The van der Waals surface area contributed by atoms with Gasteiger partial charge < -0.3 is 10.1 Å². The van der Waals surface area contributed by atoms with Gasteiger partial charge in [0.2, 0.25) is 0 Å². The fourth-order valence-electron chi connectivity index (χ4n) is 1.76. The number of nitrogens with one attached hydrogen (secondary N) is 1. The Morgan fingerprint density at radius 1 is 1.44 bits per heavy atom. The topological polar surface area (TPSA) is 70.2 Å². The second-order valence-electron chi connectivity index (χ2n) is 3.94. The highest BCUT2D eigenvalue weighted by molar-refractivity contribution is 5.98. The van der Waals surface area contributed by atoms with Crippen LogP contribution in [0, 0.1) is 6.92 Å². The minimum atomic E-state index is -0.298. The molecule has 0 spiro atoms. The van der Waals surface area contributed by atoms with Gasteiger partial charge in [0.25, 0.3) is 5.56 Å². The molecule has 88 valence electrons. The van der Waals surface area contributed by atoms with Crippen LogP contribution in [0.15, 0.2) is 4.79 Å². The van der Waals surface area contributed by atoms with Crippen molar-refractivity contribution < 1.29 is 9.90 Å². The molecule has 0 unspecified atom stereocenters. The van der Waals surface area contributed by atoms with Crippen LogP contribution in [0.1, 0.15) is 48.3 Å². The number of aromatic amines is 1. The van der Waals surface area contributed by atoms with Crippen LogP contribution in [0.4, 0.5) is 0 Å². The average molecular weight is 223 g/mol. The van der Waals surface area contributed by atoms with Gasteiger partial charge in [0.05, 0.1) is 11.1 Å². The van der Waals surface area contributed by atoms with Gasteiger partial charge in [0.1, 0.15) is 5.75 Å². The second-order valence-corrected chi connectivity index (χ2v) is 3.94. The summed E-state index contributed by atoms with van der Waals surface area (Å²) in [5, 5.41) is 9.91. The number of hydrogen-bond acceptors (Lipinski definition) is 3. The molecule has 0 amide bonds. The van der Waals surface area contributed by atoms with E-state index in [1.807, 2.05) is 6.92 Å². The first-order valence-electron chi connectivity index (χ1n) is 5.44. The number of unbranched alkanes of at least 4 members (excludes halogenated alkanes) is 1. The molecule has 4 nitrogen and oxygen atoms in total. The predicted molar refractivity (Wildman–Crippen MR) is 62.1 cm³/mol. The monoisotopic (exact) mass is 223 g/mol. The van der Waals surface area contributed by atoms with Crippen LogP contribution in [0.25, 0.3) is 0 Å². The van der Waals surface area contributed by atoms with E-state index in [0.717, 1.165) is 12.8 Å². The van der Waals surface area contributed by atoms with E-state index in [-0.39, 0.29) is 22.7 Å². The van der Waals surface area contributed by atoms with E-state index in [1.54, 1.807) is 6.92 Å². The normalized spacial score (nSPS) is 10.4. The molecule has 1 aromatic rings. The number of pyridine rings is 1. The van der Waals surface area contributed by atoms with Crippen LogP contribution < -0.4 is 5.56 Å². The summed E-state index contributed by atoms with van der Waals surface area (Å²) < 4.78 is 0. The third-order valence-electron chi connectivity index (χ3n) is 2.61. The lowest BCUT2D eigenvalue weighted by Crippen LogP contribution is -2.17. The van der Waals surface area contributed by atoms with Gasteiger partial charge in [-0.25, -0.2) is 0 Å². The number of Topliss-reactive ketones (excluding diaryl/α,β-unsaturated/α-hetero) is 1. The van der Waals surface area contributed by atoms with Gasteiger partial charge in [0.15, 0.2) is 5.78 Å². The van der Waals surface area contributed by atoms with Crippen molar-refractivity contribution in [2.24, 2.45) is 0 Å². The van der Waals surface area contributed by atoms with Crippen LogP contribution >= 0.6 is 0 Å². The van der Waals surface area contributed by atoms with Crippen LogP contribution in [-0.4, -0.2) is 15.9 Å². The Hall–Kier alpha value is -1.58. The minimum absolute atomic E-state index is 0.151. The van der Waals surface area contributed by atoms with E-state index in [4.69, 9.17) is 0 Å². The zero-order valence-electron chi connectivity index (χ0n) is 9.89. The molecule has 0 radical (unpaired) electrons. The number of ketones is 1. The number of carbonyl (C=O) groups is 1. The molecular weight excluding hydrogens is 206 g/mol. The maximum atomic E-state index is 11.6. The standard InChI is InChI=1S/C12H17NO3/c1-4-5-6-9-11(15)10(8(3)14)7(2)13-12(9)16/h4-6H2,1-3H3,(H2,13,15,16). The van der Waals surface area contributed by atoms with Gasteiger partial charge in [-0.05, 0) is 26.7 Å². The fraction of sp³-hybridized carbons (Fsp3) is 0.500. The number of H-pyrrole nitrogens is 1. The third-order valence-corrected chi connectivity index (χ3v) is 2.61. The Morgan fingerprint density at radius 3 is 2.56 bits per heavy atom. The smallest absolute Gasteiger partial charge is 0.255 e. The zero-order chi connectivity index (χ0) is 12.3. The number of rotatable bonds is 4. The number of aromatic hydroxyl groups is 1. The Bertz CT molecular complexity index is 460. The molecule has 0 aliphatic carbocycles. The van der Waals surface area contributed by atoms with Gasteiger partial charge in [-0.15, -0.1) is 0 Å². The van der Waals surface area contributed by atoms with Crippen LogP contribution in [-0.2, 0) is 6.42 Å². The molecule has 0 aliphatic heterocycles. The highest BCUT2D eigenvalue weighted by Gasteiger charge is 2.17. The second kappa shape index (κ2) is 4.96. The molecule has 16 heavy (non-hydrogen) atoms. The maximum absolute atomic E-state index is 11.6. The molecule has 4 heteroatoms. The van der Waals surface area contributed by atoms with Crippen LogP contribution in [0.2, 0.25) is 0 Å². The van der Waals surface area contributed by atoms with Gasteiger partial charge in [-0.2, -0.15) is 0 Å². The molecule has 0 saturated heterocycles. The van der Waals surface area contributed by atoms with E-state index in [9.17, 15) is 14.7 Å². The number of aromatic nitrogens is 1.